The number of ether oxygens (including phenoxy) is 1. The van der Waals surface area contributed by atoms with Crippen LogP contribution >= 0.6 is 0 Å². The second-order valence-corrected chi connectivity index (χ2v) is 6.20. The maximum Gasteiger partial charge on any atom is 0.410 e. The number of amides is 1. The van der Waals surface area contributed by atoms with Gasteiger partial charge < -0.3 is 15.4 Å². The fraction of sp³-hybridized carbons (Fsp3) is 0.923. The minimum absolute atomic E-state index is 0.258. The van der Waals surface area contributed by atoms with E-state index in [4.69, 9.17) is 10.5 Å². The topological polar surface area (TPSA) is 55.6 Å². The Morgan fingerprint density at radius 1 is 1.32 bits per heavy atom. The Morgan fingerprint density at radius 3 is 2.16 bits per heavy atom. The molecule has 112 valence electrons. The predicted molar refractivity (Wildman–Crippen MR) is 69.1 cm³/mol. The van der Waals surface area contributed by atoms with E-state index in [-0.39, 0.29) is 12.8 Å². The highest BCUT2D eigenvalue weighted by Crippen LogP contribution is 2.35. The van der Waals surface area contributed by atoms with E-state index in [1.54, 1.807) is 20.8 Å². The van der Waals surface area contributed by atoms with Crippen molar-refractivity contribution in [1.29, 1.82) is 0 Å². The number of nitrogens with zero attached hydrogens (tertiary/aromatic N) is 1. The number of halogens is 2. The molecular formula is C13H24F2N2O2. The quantitative estimate of drug-likeness (QED) is 0.844. The third kappa shape index (κ3) is 4.30. The molecule has 0 aromatic carbocycles. The van der Waals surface area contributed by atoms with Crippen molar-refractivity contribution in [2.24, 2.45) is 11.7 Å². The van der Waals surface area contributed by atoms with Gasteiger partial charge in [-0.3, -0.25) is 0 Å². The Labute approximate surface area is 113 Å². The SMILES string of the molecule is CC(N)C(F)(F)C1CCN(C(=O)OC(C)(C)C)CC1. The molecule has 1 aliphatic rings. The third-order valence-corrected chi connectivity index (χ3v) is 3.30. The molecule has 0 radical (unpaired) electrons. The molecule has 1 unspecified atom stereocenters. The van der Waals surface area contributed by atoms with Crippen LogP contribution in [0, 0.1) is 5.92 Å². The molecule has 1 aliphatic heterocycles. The number of carbonyl (C=O) groups is 1. The zero-order valence-electron chi connectivity index (χ0n) is 12.1. The van der Waals surface area contributed by atoms with Crippen molar-refractivity contribution in [2.45, 2.75) is 58.1 Å². The second-order valence-electron chi connectivity index (χ2n) is 6.20. The first kappa shape index (κ1) is 16.1. The molecule has 0 bridgehead atoms. The molecule has 2 N–H and O–H groups in total. The van der Waals surface area contributed by atoms with Gasteiger partial charge >= 0.3 is 6.09 Å². The van der Waals surface area contributed by atoms with Gasteiger partial charge in [0, 0.05) is 19.0 Å². The summed E-state index contributed by atoms with van der Waals surface area (Å²) in [5.41, 5.74) is 4.76. The number of carbonyl (C=O) groups excluding carboxylic acids is 1. The van der Waals surface area contributed by atoms with Crippen LogP contribution in [0.25, 0.3) is 0 Å². The lowest BCUT2D eigenvalue weighted by atomic mass is 9.87. The van der Waals surface area contributed by atoms with E-state index in [0.717, 1.165) is 0 Å². The van der Waals surface area contributed by atoms with E-state index >= 15 is 0 Å². The molecule has 1 saturated heterocycles. The zero-order valence-corrected chi connectivity index (χ0v) is 12.1. The standard InChI is InChI=1S/C13H24F2N2O2/c1-9(16)13(14,15)10-5-7-17(8-6-10)11(18)19-12(2,3)4/h9-10H,5-8,16H2,1-4H3. The van der Waals surface area contributed by atoms with E-state index in [1.807, 2.05) is 0 Å². The molecule has 0 spiro atoms. The van der Waals surface area contributed by atoms with Crippen molar-refractivity contribution in [2.75, 3.05) is 13.1 Å². The van der Waals surface area contributed by atoms with Crippen molar-refractivity contribution < 1.29 is 18.3 Å². The minimum atomic E-state index is -2.87. The summed E-state index contributed by atoms with van der Waals surface area (Å²) in [7, 11) is 0. The predicted octanol–water partition coefficient (Wildman–Crippen LogP) is 2.62. The van der Waals surface area contributed by atoms with Crippen LogP contribution in [0.3, 0.4) is 0 Å². The average molecular weight is 278 g/mol. The summed E-state index contributed by atoms with van der Waals surface area (Å²) in [6.45, 7) is 7.25. The second kappa shape index (κ2) is 5.61. The molecule has 1 atom stereocenters. The van der Waals surface area contributed by atoms with E-state index in [1.165, 1.54) is 11.8 Å². The normalized spacial score (nSPS) is 20.3. The third-order valence-electron chi connectivity index (χ3n) is 3.30. The van der Waals surface area contributed by atoms with Gasteiger partial charge in [-0.15, -0.1) is 0 Å². The maximum atomic E-state index is 13.8. The van der Waals surface area contributed by atoms with Gasteiger partial charge in [0.1, 0.15) is 5.60 Å². The minimum Gasteiger partial charge on any atom is -0.444 e. The smallest absolute Gasteiger partial charge is 0.410 e. The molecule has 1 amide bonds. The van der Waals surface area contributed by atoms with Gasteiger partial charge in [-0.05, 0) is 40.5 Å². The van der Waals surface area contributed by atoms with Crippen LogP contribution in [-0.4, -0.2) is 41.6 Å². The fourth-order valence-electron chi connectivity index (χ4n) is 2.15. The van der Waals surface area contributed by atoms with Crippen molar-refractivity contribution in [3.05, 3.63) is 0 Å². The first-order valence-electron chi connectivity index (χ1n) is 6.65. The van der Waals surface area contributed by atoms with Crippen LogP contribution < -0.4 is 5.73 Å². The summed E-state index contributed by atoms with van der Waals surface area (Å²) < 4.78 is 32.8. The number of hydrogen-bond acceptors (Lipinski definition) is 3. The fourth-order valence-corrected chi connectivity index (χ4v) is 2.15. The Hall–Kier alpha value is -0.910. The summed E-state index contributed by atoms with van der Waals surface area (Å²) in [4.78, 5) is 13.3. The first-order chi connectivity index (χ1) is 8.54. The van der Waals surface area contributed by atoms with Gasteiger partial charge in [-0.1, -0.05) is 0 Å². The molecular weight excluding hydrogens is 254 g/mol. The lowest BCUT2D eigenvalue weighted by molar-refractivity contribution is -0.0938. The van der Waals surface area contributed by atoms with E-state index in [2.05, 4.69) is 0 Å². The molecule has 1 rings (SSSR count). The number of alkyl halides is 2. The van der Waals surface area contributed by atoms with Crippen LogP contribution in [0.4, 0.5) is 13.6 Å². The number of nitrogens with two attached hydrogens (primary N) is 1. The van der Waals surface area contributed by atoms with E-state index in [0.29, 0.717) is 13.1 Å². The maximum absolute atomic E-state index is 13.8. The highest BCUT2D eigenvalue weighted by molar-refractivity contribution is 5.68. The average Bonchev–Trinajstić information content (AvgIpc) is 2.26. The summed E-state index contributed by atoms with van der Waals surface area (Å²) in [6, 6.07) is -1.16. The van der Waals surface area contributed by atoms with Crippen molar-refractivity contribution >= 4 is 6.09 Å². The molecule has 0 saturated carbocycles. The van der Waals surface area contributed by atoms with Gasteiger partial charge in [0.25, 0.3) is 5.92 Å². The Kier molecular flexibility index (Phi) is 4.76. The summed E-state index contributed by atoms with van der Waals surface area (Å²) >= 11 is 0. The van der Waals surface area contributed by atoms with Crippen LogP contribution in [0.5, 0.6) is 0 Å². The van der Waals surface area contributed by atoms with Crippen LogP contribution in [0.1, 0.15) is 40.5 Å². The number of hydrogen-bond donors (Lipinski definition) is 1. The summed E-state index contributed by atoms with van der Waals surface area (Å²) in [5, 5.41) is 0. The largest absolute Gasteiger partial charge is 0.444 e. The van der Waals surface area contributed by atoms with Gasteiger partial charge in [0.05, 0.1) is 6.04 Å². The first-order valence-corrected chi connectivity index (χ1v) is 6.65. The molecule has 1 heterocycles. The van der Waals surface area contributed by atoms with Crippen molar-refractivity contribution in [1.82, 2.24) is 4.90 Å². The number of likely N-dealkylation sites (tertiary alicyclic amines) is 1. The van der Waals surface area contributed by atoms with Crippen molar-refractivity contribution in [3.63, 3.8) is 0 Å². The Bertz CT molecular complexity index is 319. The number of piperidine rings is 1. The van der Waals surface area contributed by atoms with Crippen molar-refractivity contribution in [3.8, 4) is 0 Å². The van der Waals surface area contributed by atoms with Crippen LogP contribution in [-0.2, 0) is 4.74 Å². The van der Waals surface area contributed by atoms with Gasteiger partial charge in [0.2, 0.25) is 0 Å². The Morgan fingerprint density at radius 2 is 1.79 bits per heavy atom. The monoisotopic (exact) mass is 278 g/mol. The summed E-state index contributed by atoms with van der Waals surface area (Å²) in [5.74, 6) is -3.63. The molecule has 0 aromatic heterocycles. The van der Waals surface area contributed by atoms with E-state index < -0.39 is 29.6 Å². The van der Waals surface area contributed by atoms with Gasteiger partial charge in [-0.2, -0.15) is 0 Å². The molecule has 4 nitrogen and oxygen atoms in total. The van der Waals surface area contributed by atoms with Gasteiger partial charge in [-0.25, -0.2) is 13.6 Å². The number of rotatable bonds is 2. The molecule has 1 fully saturated rings. The molecule has 6 heteroatoms. The Balaban J connectivity index is 2.52. The van der Waals surface area contributed by atoms with Gasteiger partial charge in [0.15, 0.2) is 0 Å². The van der Waals surface area contributed by atoms with Crippen LogP contribution in [0.15, 0.2) is 0 Å². The highest BCUT2D eigenvalue weighted by Gasteiger charge is 2.44. The molecule has 0 aliphatic carbocycles. The van der Waals surface area contributed by atoms with Crippen LogP contribution in [0.2, 0.25) is 0 Å². The highest BCUT2D eigenvalue weighted by atomic mass is 19.3. The summed E-state index contributed by atoms with van der Waals surface area (Å²) in [6.07, 6.45) is 0.0803. The zero-order chi connectivity index (χ0) is 14.8. The molecule has 0 aromatic rings. The lowest BCUT2D eigenvalue weighted by Gasteiger charge is -2.37. The van der Waals surface area contributed by atoms with E-state index in [9.17, 15) is 13.6 Å². The lowest BCUT2D eigenvalue weighted by Crippen LogP contribution is -2.50. The molecule has 19 heavy (non-hydrogen) atoms.